The number of rotatable bonds is 3. The predicted octanol–water partition coefficient (Wildman–Crippen LogP) is 2.66. The molecule has 0 spiro atoms. The Morgan fingerprint density at radius 2 is 2.08 bits per heavy atom. The molecule has 25 heavy (non-hydrogen) atoms. The molecule has 2 aromatic rings. The molecule has 0 saturated carbocycles. The first kappa shape index (κ1) is 17.7. The second kappa shape index (κ2) is 6.66. The summed E-state index contributed by atoms with van der Waals surface area (Å²) in [6.45, 7) is 2.42. The number of anilines is 1. The van der Waals surface area contributed by atoms with Crippen LogP contribution in [0.1, 0.15) is 35.8 Å². The van der Waals surface area contributed by atoms with Gasteiger partial charge in [-0.05, 0) is 25.8 Å². The highest BCUT2D eigenvalue weighted by Crippen LogP contribution is 2.30. The van der Waals surface area contributed by atoms with Crippen LogP contribution in [0.3, 0.4) is 0 Å². The highest BCUT2D eigenvalue weighted by Gasteiger charge is 2.35. The average Bonchev–Trinajstić information content (AvgIpc) is 3.14. The summed E-state index contributed by atoms with van der Waals surface area (Å²) in [5, 5.41) is 5.97. The fraction of sp³-hybridized carbons (Fsp3) is 0.533. The Hall–Kier alpha value is -2.10. The van der Waals surface area contributed by atoms with Crippen molar-refractivity contribution in [2.75, 3.05) is 18.8 Å². The van der Waals surface area contributed by atoms with Crippen LogP contribution in [0.5, 0.6) is 0 Å². The molecule has 0 atom stereocenters. The average molecular weight is 373 g/mol. The first-order chi connectivity index (χ1) is 11.7. The molecular weight excluding hydrogens is 355 g/mol. The summed E-state index contributed by atoms with van der Waals surface area (Å²) in [6, 6.07) is 0.951. The van der Waals surface area contributed by atoms with E-state index in [1.165, 1.54) is 18.3 Å². The molecule has 0 unspecified atom stereocenters. The second-order valence-electron chi connectivity index (χ2n) is 6.09. The van der Waals surface area contributed by atoms with E-state index in [-0.39, 0.29) is 18.4 Å². The number of nitrogens with two attached hydrogens (primary N) is 1. The number of hydrogen-bond donors (Lipinski definition) is 1. The van der Waals surface area contributed by atoms with E-state index < -0.39 is 11.9 Å². The lowest BCUT2D eigenvalue weighted by atomic mass is 9.94. The summed E-state index contributed by atoms with van der Waals surface area (Å²) >= 11 is 1.40. The number of hydrogen-bond acceptors (Lipinski definition) is 5. The summed E-state index contributed by atoms with van der Waals surface area (Å²) in [7, 11) is 0. The third-order valence-corrected chi connectivity index (χ3v) is 5.05. The molecule has 2 N–H and O–H groups in total. The number of nitrogen functional groups attached to an aromatic ring is 1. The molecule has 1 amide bonds. The first-order valence-electron chi connectivity index (χ1n) is 7.84. The van der Waals surface area contributed by atoms with E-state index in [1.54, 1.807) is 4.90 Å². The minimum atomic E-state index is -4.51. The summed E-state index contributed by atoms with van der Waals surface area (Å²) in [4.78, 5) is 18.3. The van der Waals surface area contributed by atoms with Gasteiger partial charge in [-0.25, -0.2) is 4.98 Å². The molecule has 1 fully saturated rings. The fourth-order valence-corrected chi connectivity index (χ4v) is 3.59. The van der Waals surface area contributed by atoms with Crippen molar-refractivity contribution in [3.05, 3.63) is 28.5 Å². The Bertz CT molecular complexity index is 762. The minimum Gasteiger partial charge on any atom is -0.375 e. The van der Waals surface area contributed by atoms with Crippen LogP contribution in [-0.2, 0) is 17.5 Å². The fourth-order valence-electron chi connectivity index (χ4n) is 2.95. The Labute approximate surface area is 146 Å². The molecule has 10 heteroatoms. The normalized spacial score (nSPS) is 16.4. The van der Waals surface area contributed by atoms with Crippen LogP contribution in [0.15, 0.2) is 11.4 Å². The highest BCUT2D eigenvalue weighted by molar-refractivity contribution is 7.13. The molecule has 1 aliphatic rings. The number of halogens is 3. The maximum Gasteiger partial charge on any atom is 0.435 e. The standard InChI is InChI=1S/C15H18F3N5OS/c1-9-6-12(15(16,17)18)21-23(9)7-13(24)22-4-2-10(3-5-22)11-8-25-14(19)20-11/h6,8,10H,2-5,7H2,1H3,(H2,19,20). The number of aryl methyl sites for hydroxylation is 1. The van der Waals surface area contributed by atoms with Crippen LogP contribution >= 0.6 is 11.3 Å². The molecule has 0 radical (unpaired) electrons. The molecule has 2 aromatic heterocycles. The van der Waals surface area contributed by atoms with Gasteiger partial charge in [0.1, 0.15) is 6.54 Å². The van der Waals surface area contributed by atoms with Gasteiger partial charge in [-0.15, -0.1) is 11.3 Å². The lowest BCUT2D eigenvalue weighted by molar-refractivity contribution is -0.142. The molecule has 0 bridgehead atoms. The number of aromatic nitrogens is 3. The molecular formula is C15H18F3N5OS. The van der Waals surface area contributed by atoms with E-state index in [1.807, 2.05) is 5.38 Å². The van der Waals surface area contributed by atoms with Crippen LogP contribution in [0.2, 0.25) is 0 Å². The van der Waals surface area contributed by atoms with E-state index in [0.717, 1.165) is 29.3 Å². The lowest BCUT2D eigenvalue weighted by Crippen LogP contribution is -2.40. The molecule has 6 nitrogen and oxygen atoms in total. The Kier molecular flexibility index (Phi) is 4.72. The number of piperidine rings is 1. The quantitative estimate of drug-likeness (QED) is 0.897. The van der Waals surface area contributed by atoms with Crippen molar-refractivity contribution in [2.24, 2.45) is 0 Å². The van der Waals surface area contributed by atoms with Crippen molar-refractivity contribution in [1.82, 2.24) is 19.7 Å². The number of carbonyl (C=O) groups excluding carboxylic acids is 1. The van der Waals surface area contributed by atoms with Gasteiger partial charge in [0.25, 0.3) is 0 Å². The number of carbonyl (C=O) groups is 1. The Morgan fingerprint density at radius 3 is 2.60 bits per heavy atom. The zero-order chi connectivity index (χ0) is 18.2. The largest absolute Gasteiger partial charge is 0.435 e. The van der Waals surface area contributed by atoms with Gasteiger partial charge in [-0.1, -0.05) is 0 Å². The maximum absolute atomic E-state index is 12.7. The van der Waals surface area contributed by atoms with Crippen molar-refractivity contribution in [3.8, 4) is 0 Å². The maximum atomic E-state index is 12.7. The van der Waals surface area contributed by atoms with Gasteiger partial charge in [-0.3, -0.25) is 9.48 Å². The van der Waals surface area contributed by atoms with Gasteiger partial charge < -0.3 is 10.6 Å². The van der Waals surface area contributed by atoms with Gasteiger partial charge in [0.15, 0.2) is 10.8 Å². The van der Waals surface area contributed by atoms with Gasteiger partial charge in [0, 0.05) is 30.1 Å². The smallest absolute Gasteiger partial charge is 0.375 e. The molecule has 0 aliphatic carbocycles. The van der Waals surface area contributed by atoms with Crippen LogP contribution in [0, 0.1) is 6.92 Å². The topological polar surface area (TPSA) is 77.0 Å². The zero-order valence-corrected chi connectivity index (χ0v) is 14.4. The third-order valence-electron chi connectivity index (χ3n) is 4.36. The number of nitrogens with zero attached hydrogens (tertiary/aromatic N) is 4. The zero-order valence-electron chi connectivity index (χ0n) is 13.6. The Morgan fingerprint density at radius 1 is 1.40 bits per heavy atom. The van der Waals surface area contributed by atoms with Crippen molar-refractivity contribution in [2.45, 2.75) is 38.4 Å². The monoisotopic (exact) mass is 373 g/mol. The van der Waals surface area contributed by atoms with E-state index in [9.17, 15) is 18.0 Å². The van der Waals surface area contributed by atoms with Gasteiger partial charge in [0.05, 0.1) is 5.69 Å². The van der Waals surface area contributed by atoms with Crippen LogP contribution in [0.25, 0.3) is 0 Å². The highest BCUT2D eigenvalue weighted by atomic mass is 32.1. The van der Waals surface area contributed by atoms with Gasteiger partial charge >= 0.3 is 6.18 Å². The number of alkyl halides is 3. The van der Waals surface area contributed by atoms with Gasteiger partial charge in [0.2, 0.25) is 5.91 Å². The summed E-state index contributed by atoms with van der Waals surface area (Å²) < 4.78 is 39.2. The molecule has 0 aromatic carbocycles. The van der Waals surface area contributed by atoms with E-state index >= 15 is 0 Å². The predicted molar refractivity (Wildman–Crippen MR) is 87.0 cm³/mol. The molecule has 3 rings (SSSR count). The molecule has 3 heterocycles. The molecule has 1 saturated heterocycles. The Balaban J connectivity index is 1.59. The summed E-state index contributed by atoms with van der Waals surface area (Å²) in [5.74, 6) is 0.0389. The van der Waals surface area contributed by atoms with Gasteiger partial charge in [-0.2, -0.15) is 18.3 Å². The van der Waals surface area contributed by atoms with Crippen molar-refractivity contribution >= 4 is 22.4 Å². The SMILES string of the molecule is Cc1cc(C(F)(F)F)nn1CC(=O)N1CCC(c2csc(N)n2)CC1. The minimum absolute atomic E-state index is 0.184. The third kappa shape index (κ3) is 3.94. The van der Waals surface area contributed by atoms with Crippen molar-refractivity contribution in [3.63, 3.8) is 0 Å². The lowest BCUT2D eigenvalue weighted by Gasteiger charge is -2.31. The van der Waals surface area contributed by atoms with Crippen LogP contribution in [-0.4, -0.2) is 38.7 Å². The van der Waals surface area contributed by atoms with Crippen LogP contribution < -0.4 is 5.73 Å². The molecule has 136 valence electrons. The number of amides is 1. The van der Waals surface area contributed by atoms with E-state index in [0.29, 0.717) is 23.9 Å². The van der Waals surface area contributed by atoms with Crippen molar-refractivity contribution < 1.29 is 18.0 Å². The summed E-state index contributed by atoms with van der Waals surface area (Å²) in [5.41, 5.74) is 5.94. The molecule has 1 aliphatic heterocycles. The number of thiazole rings is 1. The van der Waals surface area contributed by atoms with Crippen LogP contribution in [0.4, 0.5) is 18.3 Å². The van der Waals surface area contributed by atoms with E-state index in [4.69, 9.17) is 5.73 Å². The van der Waals surface area contributed by atoms with E-state index in [2.05, 4.69) is 10.1 Å². The first-order valence-corrected chi connectivity index (χ1v) is 8.72. The van der Waals surface area contributed by atoms with Crippen molar-refractivity contribution in [1.29, 1.82) is 0 Å². The summed E-state index contributed by atoms with van der Waals surface area (Å²) in [6.07, 6.45) is -2.98. The second-order valence-corrected chi connectivity index (χ2v) is 6.98. The number of likely N-dealkylation sites (tertiary alicyclic amines) is 1.